The van der Waals surface area contributed by atoms with Gasteiger partial charge in [-0.25, -0.2) is 17.7 Å². The third-order valence-electron chi connectivity index (χ3n) is 5.62. The van der Waals surface area contributed by atoms with Crippen LogP contribution in [-0.4, -0.2) is 32.5 Å². The summed E-state index contributed by atoms with van der Waals surface area (Å²) in [5.41, 5.74) is 5.86. The van der Waals surface area contributed by atoms with Crippen molar-refractivity contribution in [2.45, 2.75) is 32.0 Å². The van der Waals surface area contributed by atoms with E-state index in [-0.39, 0.29) is 35.9 Å². The van der Waals surface area contributed by atoms with Gasteiger partial charge in [0.25, 0.3) is 0 Å². The maximum absolute atomic E-state index is 15.3. The highest BCUT2D eigenvalue weighted by molar-refractivity contribution is 5.70. The van der Waals surface area contributed by atoms with E-state index >= 15 is 4.39 Å². The zero-order valence-electron chi connectivity index (χ0n) is 18.1. The normalized spacial score (nSPS) is 14.2. The van der Waals surface area contributed by atoms with Crippen molar-refractivity contribution in [2.75, 3.05) is 12.3 Å². The molecule has 0 bridgehead atoms. The molecule has 0 saturated heterocycles. The number of halogens is 3. The SMILES string of the molecule is Cc1ccc(-c2ccn3nc(N)nc3c2)c(F)c1OCCC(F)C(C)(O)c1ccc(F)cc1. The van der Waals surface area contributed by atoms with E-state index in [1.54, 1.807) is 37.4 Å². The van der Waals surface area contributed by atoms with Crippen molar-refractivity contribution < 1.29 is 23.0 Å². The standard InChI is InChI=1S/C24H23F3N4O2/c1-14-3-8-18(15-9-11-31-20(13-15)29-23(28)30-31)21(27)22(14)33-12-10-19(26)24(2,32)16-4-6-17(25)7-5-16/h3-9,11,13,19,32H,10,12H2,1-2H3,(H2,28,30). The van der Waals surface area contributed by atoms with Gasteiger partial charge in [-0.15, -0.1) is 5.10 Å². The van der Waals surface area contributed by atoms with Crippen molar-refractivity contribution >= 4 is 11.6 Å². The first kappa shape index (κ1) is 22.6. The second-order valence-corrected chi connectivity index (χ2v) is 8.02. The summed E-state index contributed by atoms with van der Waals surface area (Å²) >= 11 is 0. The highest BCUT2D eigenvalue weighted by Gasteiger charge is 2.34. The number of aromatic nitrogens is 3. The van der Waals surface area contributed by atoms with Gasteiger partial charge in [-0.1, -0.05) is 24.3 Å². The van der Waals surface area contributed by atoms with Crippen molar-refractivity contribution in [3.05, 3.63) is 77.5 Å². The van der Waals surface area contributed by atoms with Crippen molar-refractivity contribution in [3.63, 3.8) is 0 Å². The summed E-state index contributed by atoms with van der Waals surface area (Å²) in [6.07, 6.45) is -0.285. The lowest BCUT2D eigenvalue weighted by molar-refractivity contribution is -0.0323. The highest BCUT2D eigenvalue weighted by atomic mass is 19.1. The molecular weight excluding hydrogens is 433 g/mol. The van der Waals surface area contributed by atoms with E-state index in [1.165, 1.54) is 23.6 Å². The number of alkyl halides is 1. The molecule has 4 rings (SSSR count). The van der Waals surface area contributed by atoms with E-state index in [2.05, 4.69) is 10.1 Å². The van der Waals surface area contributed by atoms with Crippen molar-refractivity contribution in [1.82, 2.24) is 14.6 Å². The van der Waals surface area contributed by atoms with Crippen LogP contribution in [0.4, 0.5) is 19.1 Å². The van der Waals surface area contributed by atoms with Gasteiger partial charge in [-0.3, -0.25) is 0 Å². The van der Waals surface area contributed by atoms with Gasteiger partial charge in [0.05, 0.1) is 6.61 Å². The van der Waals surface area contributed by atoms with E-state index in [0.717, 1.165) is 12.1 Å². The molecule has 0 aliphatic rings. The Kier molecular flexibility index (Phi) is 5.99. The van der Waals surface area contributed by atoms with E-state index in [0.29, 0.717) is 16.8 Å². The molecule has 2 unspecified atom stereocenters. The molecule has 0 aliphatic carbocycles. The average molecular weight is 456 g/mol. The van der Waals surface area contributed by atoms with Gasteiger partial charge in [-0.05, 0) is 54.8 Å². The Morgan fingerprint density at radius 3 is 2.61 bits per heavy atom. The molecule has 4 aromatic rings. The van der Waals surface area contributed by atoms with E-state index in [9.17, 15) is 13.9 Å². The maximum atomic E-state index is 15.3. The predicted octanol–water partition coefficient (Wildman–Crippen LogP) is 4.58. The van der Waals surface area contributed by atoms with Crippen molar-refractivity contribution in [1.29, 1.82) is 0 Å². The third-order valence-corrected chi connectivity index (χ3v) is 5.62. The van der Waals surface area contributed by atoms with Crippen LogP contribution < -0.4 is 10.5 Å². The Bertz CT molecular complexity index is 1290. The quantitative estimate of drug-likeness (QED) is 0.425. The lowest BCUT2D eigenvalue weighted by Gasteiger charge is -2.28. The van der Waals surface area contributed by atoms with Gasteiger partial charge < -0.3 is 15.6 Å². The summed E-state index contributed by atoms with van der Waals surface area (Å²) in [4.78, 5) is 4.08. The molecule has 0 spiro atoms. The zero-order valence-corrected chi connectivity index (χ0v) is 18.1. The Labute approximate surface area is 188 Å². The number of nitrogens with two attached hydrogens (primary N) is 1. The Morgan fingerprint density at radius 2 is 1.88 bits per heavy atom. The van der Waals surface area contributed by atoms with E-state index < -0.39 is 23.4 Å². The third kappa shape index (κ3) is 4.49. The number of hydrogen-bond acceptors (Lipinski definition) is 5. The average Bonchev–Trinajstić information content (AvgIpc) is 3.15. The number of nitrogen functional groups attached to an aromatic ring is 1. The smallest absolute Gasteiger partial charge is 0.240 e. The molecular formula is C24H23F3N4O2. The molecule has 2 aromatic heterocycles. The van der Waals surface area contributed by atoms with Crippen LogP contribution in [0.5, 0.6) is 5.75 Å². The number of fused-ring (bicyclic) bond motifs is 1. The largest absolute Gasteiger partial charge is 0.490 e. The van der Waals surface area contributed by atoms with Crippen LogP contribution in [0.1, 0.15) is 24.5 Å². The van der Waals surface area contributed by atoms with Gasteiger partial charge in [0.1, 0.15) is 17.6 Å². The number of ether oxygens (including phenoxy) is 1. The molecule has 0 fully saturated rings. The predicted molar refractivity (Wildman–Crippen MR) is 119 cm³/mol. The number of nitrogens with zero attached hydrogens (tertiary/aromatic N) is 3. The molecule has 3 N–H and O–H groups in total. The van der Waals surface area contributed by atoms with Crippen LogP contribution in [0, 0.1) is 18.6 Å². The van der Waals surface area contributed by atoms with E-state index in [1.807, 2.05) is 0 Å². The monoisotopic (exact) mass is 456 g/mol. The number of benzene rings is 2. The summed E-state index contributed by atoms with van der Waals surface area (Å²) in [6.45, 7) is 2.83. The number of rotatable bonds is 7. The highest BCUT2D eigenvalue weighted by Crippen LogP contribution is 2.34. The second kappa shape index (κ2) is 8.74. The number of aryl methyl sites for hydroxylation is 1. The molecule has 172 valence electrons. The molecule has 2 heterocycles. The first-order valence-corrected chi connectivity index (χ1v) is 10.3. The fourth-order valence-corrected chi connectivity index (χ4v) is 3.63. The number of pyridine rings is 1. The summed E-state index contributed by atoms with van der Waals surface area (Å²) in [5, 5.41) is 14.6. The molecule has 0 saturated carbocycles. The molecule has 33 heavy (non-hydrogen) atoms. The summed E-state index contributed by atoms with van der Waals surface area (Å²) in [5.74, 6) is -0.960. The second-order valence-electron chi connectivity index (χ2n) is 8.02. The maximum Gasteiger partial charge on any atom is 0.240 e. The first-order chi connectivity index (χ1) is 15.7. The summed E-state index contributed by atoms with van der Waals surface area (Å²) in [6, 6.07) is 11.6. The van der Waals surface area contributed by atoms with E-state index in [4.69, 9.17) is 10.5 Å². The minimum atomic E-state index is -1.85. The minimum Gasteiger partial charge on any atom is -0.490 e. The van der Waals surface area contributed by atoms with Crippen LogP contribution in [0.25, 0.3) is 16.8 Å². The molecule has 9 heteroatoms. The van der Waals surface area contributed by atoms with Gasteiger partial charge >= 0.3 is 0 Å². The molecule has 6 nitrogen and oxygen atoms in total. The van der Waals surface area contributed by atoms with Crippen LogP contribution in [0.15, 0.2) is 54.7 Å². The van der Waals surface area contributed by atoms with Gasteiger partial charge in [-0.2, -0.15) is 4.98 Å². The van der Waals surface area contributed by atoms with Gasteiger partial charge in [0.2, 0.25) is 5.95 Å². The van der Waals surface area contributed by atoms with Gasteiger partial charge in [0.15, 0.2) is 17.2 Å². The Balaban J connectivity index is 1.50. The Morgan fingerprint density at radius 1 is 1.15 bits per heavy atom. The van der Waals surface area contributed by atoms with Crippen LogP contribution >= 0.6 is 0 Å². The fraction of sp³-hybridized carbons (Fsp3) is 0.250. The van der Waals surface area contributed by atoms with Gasteiger partial charge in [0, 0.05) is 18.2 Å². The topological polar surface area (TPSA) is 85.7 Å². The molecule has 0 radical (unpaired) electrons. The number of aliphatic hydroxyl groups is 1. The lowest BCUT2D eigenvalue weighted by atomic mass is 9.89. The lowest BCUT2D eigenvalue weighted by Crippen LogP contribution is -2.34. The molecule has 0 amide bonds. The molecule has 2 aromatic carbocycles. The Hall–Kier alpha value is -3.59. The summed E-state index contributed by atoms with van der Waals surface area (Å²) in [7, 11) is 0. The van der Waals surface area contributed by atoms with Crippen LogP contribution in [0.3, 0.4) is 0 Å². The zero-order chi connectivity index (χ0) is 23.8. The number of hydrogen-bond donors (Lipinski definition) is 2. The van der Waals surface area contributed by atoms with Crippen LogP contribution in [-0.2, 0) is 5.60 Å². The van der Waals surface area contributed by atoms with Crippen LogP contribution in [0.2, 0.25) is 0 Å². The van der Waals surface area contributed by atoms with Crippen molar-refractivity contribution in [3.8, 4) is 16.9 Å². The number of anilines is 1. The first-order valence-electron chi connectivity index (χ1n) is 10.3. The molecule has 0 aliphatic heterocycles. The molecule has 2 atom stereocenters. The van der Waals surface area contributed by atoms with Crippen molar-refractivity contribution in [2.24, 2.45) is 0 Å². The summed E-state index contributed by atoms with van der Waals surface area (Å²) < 4.78 is 50.4. The fourth-order valence-electron chi connectivity index (χ4n) is 3.63. The minimum absolute atomic E-state index is 0.00183.